The van der Waals surface area contributed by atoms with Gasteiger partial charge in [0.05, 0.1) is 12.5 Å². The normalized spacial score (nSPS) is 14.9. The third kappa shape index (κ3) is 10.5. The number of hydrogen-bond donors (Lipinski definition) is 8. The van der Waals surface area contributed by atoms with Crippen LogP contribution < -0.4 is 27.4 Å². The maximum absolute atomic E-state index is 13.0. The molecule has 0 aliphatic heterocycles. The van der Waals surface area contributed by atoms with Crippen molar-refractivity contribution in [1.29, 1.82) is 0 Å². The molecule has 198 valence electrons. The molecule has 4 amide bonds. The van der Waals surface area contributed by atoms with Crippen molar-refractivity contribution in [3.63, 3.8) is 0 Å². The summed E-state index contributed by atoms with van der Waals surface area (Å²) < 4.78 is 0. The molecule has 0 bridgehead atoms. The second kappa shape index (κ2) is 14.4. The Morgan fingerprint density at radius 3 is 1.89 bits per heavy atom. The predicted molar refractivity (Wildman–Crippen MR) is 124 cm³/mol. The number of carboxylic acids is 2. The molecule has 5 atom stereocenters. The second-order valence-corrected chi connectivity index (χ2v) is 8.08. The van der Waals surface area contributed by atoms with Crippen LogP contribution in [0.5, 0.6) is 0 Å². The average Bonchev–Trinajstić information content (AvgIpc) is 2.80. The minimum absolute atomic E-state index is 0.103. The minimum Gasteiger partial charge on any atom is -0.481 e. The zero-order chi connectivity index (χ0) is 27.4. The van der Waals surface area contributed by atoms with E-state index in [1.165, 1.54) is 6.92 Å². The standard InChI is InChI=1S/C22H31N5O9/c1-11(28)18(24)21(34)25-13(7-8-17(30)31)19(32)26-14(9-12-5-3-2-4-6-12)20(33)27-15(22(35)36)10-16(23)29/h2-6,11,13-15,18,28H,7-10,24H2,1H3,(H2,23,29)(H,25,34)(H,26,32)(H,27,33)(H,30,31)(H,35,36). The Labute approximate surface area is 206 Å². The fraction of sp³-hybridized carbons (Fsp3) is 0.455. The predicted octanol–water partition coefficient (Wildman–Crippen LogP) is -2.78. The topological polar surface area (TPSA) is 251 Å². The summed E-state index contributed by atoms with van der Waals surface area (Å²) in [7, 11) is 0. The molecule has 0 spiro atoms. The van der Waals surface area contributed by atoms with Gasteiger partial charge in [0.25, 0.3) is 0 Å². The van der Waals surface area contributed by atoms with E-state index in [1.807, 2.05) is 0 Å². The SMILES string of the molecule is CC(O)C(N)C(=O)NC(CCC(=O)O)C(=O)NC(Cc1ccccc1)C(=O)NC(CC(N)=O)C(=O)O. The van der Waals surface area contributed by atoms with Crippen LogP contribution in [0.4, 0.5) is 0 Å². The Bertz CT molecular complexity index is 954. The highest BCUT2D eigenvalue weighted by atomic mass is 16.4. The van der Waals surface area contributed by atoms with E-state index in [-0.39, 0.29) is 12.8 Å². The first-order valence-electron chi connectivity index (χ1n) is 10.9. The van der Waals surface area contributed by atoms with Crippen molar-refractivity contribution in [2.75, 3.05) is 0 Å². The monoisotopic (exact) mass is 509 g/mol. The van der Waals surface area contributed by atoms with Crippen LogP contribution in [0.15, 0.2) is 30.3 Å². The van der Waals surface area contributed by atoms with Crippen molar-refractivity contribution in [2.45, 2.75) is 62.9 Å². The highest BCUT2D eigenvalue weighted by Crippen LogP contribution is 2.07. The lowest BCUT2D eigenvalue weighted by Gasteiger charge is -2.25. The summed E-state index contributed by atoms with van der Waals surface area (Å²) in [6.45, 7) is 1.25. The van der Waals surface area contributed by atoms with Gasteiger partial charge in [0.15, 0.2) is 0 Å². The van der Waals surface area contributed by atoms with Crippen LogP contribution in [-0.4, -0.2) is 81.2 Å². The van der Waals surface area contributed by atoms with Gasteiger partial charge in [-0.2, -0.15) is 0 Å². The summed E-state index contributed by atoms with van der Waals surface area (Å²) in [5, 5.41) is 34.6. The number of primary amides is 1. The maximum Gasteiger partial charge on any atom is 0.326 e. The van der Waals surface area contributed by atoms with Crippen molar-refractivity contribution in [3.8, 4) is 0 Å². The number of rotatable bonds is 15. The second-order valence-electron chi connectivity index (χ2n) is 8.08. The first-order valence-corrected chi connectivity index (χ1v) is 10.9. The van der Waals surface area contributed by atoms with Gasteiger partial charge in [-0.15, -0.1) is 0 Å². The van der Waals surface area contributed by atoms with E-state index in [2.05, 4.69) is 16.0 Å². The molecule has 0 aliphatic carbocycles. The Morgan fingerprint density at radius 1 is 0.861 bits per heavy atom. The highest BCUT2D eigenvalue weighted by Gasteiger charge is 2.31. The van der Waals surface area contributed by atoms with E-state index in [0.717, 1.165) is 0 Å². The van der Waals surface area contributed by atoms with Gasteiger partial charge >= 0.3 is 11.9 Å². The van der Waals surface area contributed by atoms with E-state index < -0.39 is 78.7 Å². The summed E-state index contributed by atoms with van der Waals surface area (Å²) in [6.07, 6.45) is -2.94. The first-order chi connectivity index (χ1) is 16.8. The van der Waals surface area contributed by atoms with Crippen LogP contribution in [0, 0.1) is 0 Å². The molecule has 5 unspecified atom stereocenters. The van der Waals surface area contributed by atoms with E-state index in [4.69, 9.17) is 16.6 Å². The third-order valence-corrected chi connectivity index (χ3v) is 5.04. The molecule has 0 aliphatic rings. The lowest BCUT2D eigenvalue weighted by Crippen LogP contribution is -2.58. The molecule has 1 aromatic carbocycles. The van der Waals surface area contributed by atoms with Crippen LogP contribution in [0.1, 0.15) is 31.7 Å². The summed E-state index contributed by atoms with van der Waals surface area (Å²) in [5.41, 5.74) is 11.2. The molecule has 10 N–H and O–H groups in total. The Morgan fingerprint density at radius 2 is 1.39 bits per heavy atom. The largest absolute Gasteiger partial charge is 0.481 e. The van der Waals surface area contributed by atoms with Gasteiger partial charge in [0.1, 0.15) is 24.2 Å². The highest BCUT2D eigenvalue weighted by molar-refractivity contribution is 5.95. The molecule has 0 saturated heterocycles. The minimum atomic E-state index is -1.66. The lowest BCUT2D eigenvalue weighted by atomic mass is 10.0. The average molecular weight is 510 g/mol. The zero-order valence-corrected chi connectivity index (χ0v) is 19.5. The van der Waals surface area contributed by atoms with Crippen molar-refractivity contribution < 1.29 is 44.1 Å². The first kappa shape index (κ1) is 30.0. The fourth-order valence-electron chi connectivity index (χ4n) is 3.03. The molecule has 1 aromatic rings. The smallest absolute Gasteiger partial charge is 0.326 e. The van der Waals surface area contributed by atoms with E-state index in [0.29, 0.717) is 5.56 Å². The Balaban J connectivity index is 3.16. The lowest BCUT2D eigenvalue weighted by molar-refractivity contribution is -0.143. The van der Waals surface area contributed by atoms with Crippen molar-refractivity contribution in [1.82, 2.24) is 16.0 Å². The quantitative estimate of drug-likeness (QED) is 0.121. The number of hydrogen-bond acceptors (Lipinski definition) is 8. The number of benzene rings is 1. The molecular formula is C22H31N5O9. The molecule has 0 heterocycles. The maximum atomic E-state index is 13.0. The molecule has 0 fully saturated rings. The molecule has 0 radical (unpaired) electrons. The van der Waals surface area contributed by atoms with Gasteiger partial charge in [-0.3, -0.25) is 24.0 Å². The van der Waals surface area contributed by atoms with E-state index >= 15 is 0 Å². The number of carboxylic acid groups (broad SMARTS) is 2. The Hall–Kier alpha value is -4.04. The number of carbonyl (C=O) groups is 6. The van der Waals surface area contributed by atoms with Crippen LogP contribution in [0.3, 0.4) is 0 Å². The van der Waals surface area contributed by atoms with Crippen LogP contribution >= 0.6 is 0 Å². The van der Waals surface area contributed by atoms with Gasteiger partial charge < -0.3 is 42.7 Å². The fourth-order valence-corrected chi connectivity index (χ4v) is 3.03. The van der Waals surface area contributed by atoms with Gasteiger partial charge in [-0.05, 0) is 18.9 Å². The summed E-state index contributed by atoms with van der Waals surface area (Å²) >= 11 is 0. The molecule has 0 aromatic heterocycles. The molecule has 0 saturated carbocycles. The number of aliphatic hydroxyl groups is 1. The van der Waals surface area contributed by atoms with Gasteiger partial charge in [-0.1, -0.05) is 30.3 Å². The Kier molecular flexibility index (Phi) is 12.0. The molecule has 14 heteroatoms. The van der Waals surface area contributed by atoms with E-state index in [1.54, 1.807) is 30.3 Å². The number of aliphatic hydroxyl groups excluding tert-OH is 1. The van der Waals surface area contributed by atoms with Gasteiger partial charge in [0, 0.05) is 12.8 Å². The number of carbonyl (C=O) groups excluding carboxylic acids is 4. The van der Waals surface area contributed by atoms with Crippen LogP contribution in [-0.2, 0) is 35.2 Å². The van der Waals surface area contributed by atoms with Crippen molar-refractivity contribution >= 4 is 35.6 Å². The molecule has 14 nitrogen and oxygen atoms in total. The van der Waals surface area contributed by atoms with Crippen molar-refractivity contribution in [2.24, 2.45) is 11.5 Å². The molecule has 36 heavy (non-hydrogen) atoms. The van der Waals surface area contributed by atoms with Crippen LogP contribution in [0.25, 0.3) is 0 Å². The van der Waals surface area contributed by atoms with Crippen molar-refractivity contribution in [3.05, 3.63) is 35.9 Å². The zero-order valence-electron chi connectivity index (χ0n) is 19.5. The molecule has 1 rings (SSSR count). The summed E-state index contributed by atoms with van der Waals surface area (Å²) in [4.78, 5) is 71.8. The van der Waals surface area contributed by atoms with Gasteiger partial charge in [0.2, 0.25) is 23.6 Å². The number of nitrogens with one attached hydrogen (secondary N) is 3. The number of amides is 4. The summed E-state index contributed by atoms with van der Waals surface area (Å²) in [5.74, 6) is -6.57. The summed E-state index contributed by atoms with van der Waals surface area (Å²) in [6, 6.07) is 2.49. The van der Waals surface area contributed by atoms with E-state index in [9.17, 15) is 39.0 Å². The number of nitrogens with two attached hydrogens (primary N) is 2. The third-order valence-electron chi connectivity index (χ3n) is 5.04. The molecular weight excluding hydrogens is 478 g/mol. The van der Waals surface area contributed by atoms with Crippen LogP contribution in [0.2, 0.25) is 0 Å². The van der Waals surface area contributed by atoms with Gasteiger partial charge in [-0.25, -0.2) is 4.79 Å². The number of aliphatic carboxylic acids is 2.